The molecule has 0 radical (unpaired) electrons. The SMILES string of the molecule is C=CC.CCCCCN1CCCCC1. The summed E-state index contributed by atoms with van der Waals surface area (Å²) in [6.45, 7) is 11.6. The van der Waals surface area contributed by atoms with Crippen molar-refractivity contribution >= 4 is 0 Å². The number of rotatable bonds is 4. The van der Waals surface area contributed by atoms with Gasteiger partial charge in [0.1, 0.15) is 0 Å². The van der Waals surface area contributed by atoms with Crippen LogP contribution in [0.3, 0.4) is 0 Å². The third-order valence-electron chi connectivity index (χ3n) is 2.53. The molecule has 1 heterocycles. The van der Waals surface area contributed by atoms with E-state index < -0.39 is 0 Å². The predicted octanol–water partition coefficient (Wildman–Crippen LogP) is 3.85. The summed E-state index contributed by atoms with van der Waals surface area (Å²) in [6.07, 6.45) is 10.3. The maximum absolute atomic E-state index is 3.36. The first-order valence-corrected chi connectivity index (χ1v) is 6.14. The van der Waals surface area contributed by atoms with E-state index >= 15 is 0 Å². The van der Waals surface area contributed by atoms with E-state index in [0.717, 1.165) is 0 Å². The Kier molecular flexibility index (Phi) is 10.5. The van der Waals surface area contributed by atoms with Crippen molar-refractivity contribution in [2.45, 2.75) is 52.4 Å². The number of piperidine rings is 1. The normalized spacial score (nSPS) is 17.0. The van der Waals surface area contributed by atoms with Gasteiger partial charge in [0.15, 0.2) is 0 Å². The van der Waals surface area contributed by atoms with Gasteiger partial charge in [-0.2, -0.15) is 0 Å². The fourth-order valence-electron chi connectivity index (χ4n) is 1.77. The predicted molar refractivity (Wildman–Crippen MR) is 65.7 cm³/mol. The molecule has 1 aliphatic rings. The Labute approximate surface area is 90.2 Å². The quantitative estimate of drug-likeness (QED) is 0.489. The lowest BCUT2D eigenvalue weighted by Gasteiger charge is -2.26. The van der Waals surface area contributed by atoms with Crippen molar-refractivity contribution in [1.29, 1.82) is 0 Å². The van der Waals surface area contributed by atoms with Crippen molar-refractivity contribution in [3.63, 3.8) is 0 Å². The molecule has 0 aromatic heterocycles. The molecule has 0 spiro atoms. The monoisotopic (exact) mass is 197 g/mol. The van der Waals surface area contributed by atoms with Gasteiger partial charge in [-0.15, -0.1) is 6.58 Å². The van der Waals surface area contributed by atoms with E-state index in [0.29, 0.717) is 0 Å². The fourth-order valence-corrected chi connectivity index (χ4v) is 1.77. The average Bonchev–Trinajstić information content (AvgIpc) is 2.21. The van der Waals surface area contributed by atoms with Gasteiger partial charge in [0, 0.05) is 0 Å². The summed E-state index contributed by atoms with van der Waals surface area (Å²) in [6, 6.07) is 0. The van der Waals surface area contributed by atoms with Crippen LogP contribution in [0.2, 0.25) is 0 Å². The lowest BCUT2D eigenvalue weighted by atomic mass is 10.1. The van der Waals surface area contributed by atoms with Gasteiger partial charge < -0.3 is 4.90 Å². The molecule has 0 amide bonds. The topological polar surface area (TPSA) is 3.24 Å². The molecule has 0 atom stereocenters. The van der Waals surface area contributed by atoms with Crippen molar-refractivity contribution in [3.8, 4) is 0 Å². The molecule has 1 aliphatic heterocycles. The average molecular weight is 197 g/mol. The van der Waals surface area contributed by atoms with Crippen molar-refractivity contribution in [2.75, 3.05) is 19.6 Å². The maximum atomic E-state index is 3.36. The largest absolute Gasteiger partial charge is 0.303 e. The van der Waals surface area contributed by atoms with E-state index in [-0.39, 0.29) is 0 Å². The summed E-state index contributed by atoms with van der Waals surface area (Å²) in [5, 5.41) is 0. The summed E-state index contributed by atoms with van der Waals surface area (Å²) in [5.41, 5.74) is 0. The molecule has 0 bridgehead atoms. The highest BCUT2D eigenvalue weighted by Gasteiger charge is 2.08. The van der Waals surface area contributed by atoms with Gasteiger partial charge in [0.25, 0.3) is 0 Å². The number of unbranched alkanes of at least 4 members (excludes halogenated alkanes) is 2. The van der Waals surface area contributed by atoms with Gasteiger partial charge in [-0.1, -0.05) is 32.3 Å². The lowest BCUT2D eigenvalue weighted by Crippen LogP contribution is -2.30. The van der Waals surface area contributed by atoms with Crippen LogP contribution in [0.5, 0.6) is 0 Å². The highest BCUT2D eigenvalue weighted by atomic mass is 15.1. The van der Waals surface area contributed by atoms with Crippen LogP contribution >= 0.6 is 0 Å². The molecular weight excluding hydrogens is 170 g/mol. The Morgan fingerprint density at radius 2 is 1.71 bits per heavy atom. The second-order valence-corrected chi connectivity index (χ2v) is 4.02. The molecule has 84 valence electrons. The van der Waals surface area contributed by atoms with E-state index in [4.69, 9.17) is 0 Å². The van der Waals surface area contributed by atoms with Crippen LogP contribution in [0.4, 0.5) is 0 Å². The van der Waals surface area contributed by atoms with E-state index in [9.17, 15) is 0 Å². The summed E-state index contributed by atoms with van der Waals surface area (Å²) in [7, 11) is 0. The summed E-state index contributed by atoms with van der Waals surface area (Å²) >= 11 is 0. The van der Waals surface area contributed by atoms with Gasteiger partial charge in [-0.25, -0.2) is 0 Å². The Bertz CT molecular complexity index is 114. The standard InChI is InChI=1S/C10H21N.C3H6/c1-2-3-5-8-11-9-6-4-7-10-11;1-3-2/h2-10H2,1H3;3H,1H2,2H3. The third-order valence-corrected chi connectivity index (χ3v) is 2.53. The van der Waals surface area contributed by atoms with Crippen LogP contribution in [0.25, 0.3) is 0 Å². The molecule has 0 saturated carbocycles. The second-order valence-electron chi connectivity index (χ2n) is 4.02. The molecule has 0 aliphatic carbocycles. The van der Waals surface area contributed by atoms with Gasteiger partial charge in [-0.05, 0) is 45.8 Å². The summed E-state index contributed by atoms with van der Waals surface area (Å²) in [5.74, 6) is 0. The Balaban J connectivity index is 0.000000500. The van der Waals surface area contributed by atoms with Gasteiger partial charge in [0.2, 0.25) is 0 Å². The van der Waals surface area contributed by atoms with Gasteiger partial charge in [0.05, 0.1) is 0 Å². The minimum absolute atomic E-state index is 1.36. The molecule has 0 N–H and O–H groups in total. The van der Waals surface area contributed by atoms with Crippen LogP contribution in [0.15, 0.2) is 12.7 Å². The van der Waals surface area contributed by atoms with Crippen LogP contribution in [0, 0.1) is 0 Å². The zero-order chi connectivity index (χ0) is 10.6. The van der Waals surface area contributed by atoms with Crippen molar-refractivity contribution < 1.29 is 0 Å². The van der Waals surface area contributed by atoms with E-state index in [1.54, 1.807) is 6.08 Å². The molecule has 0 unspecified atom stereocenters. The third kappa shape index (κ3) is 8.31. The van der Waals surface area contributed by atoms with Crippen LogP contribution in [0.1, 0.15) is 52.4 Å². The molecule has 0 aromatic rings. The first-order chi connectivity index (χ1) is 6.85. The minimum atomic E-state index is 1.36. The lowest BCUT2D eigenvalue weighted by molar-refractivity contribution is 0.224. The maximum Gasteiger partial charge on any atom is -0.00187 e. The molecular formula is C13H27N. The molecule has 1 saturated heterocycles. The first kappa shape index (κ1) is 13.7. The van der Waals surface area contributed by atoms with Crippen molar-refractivity contribution in [1.82, 2.24) is 4.90 Å². The van der Waals surface area contributed by atoms with Crippen molar-refractivity contribution in [3.05, 3.63) is 12.7 Å². The highest BCUT2D eigenvalue weighted by Crippen LogP contribution is 2.09. The number of hydrogen-bond acceptors (Lipinski definition) is 1. The minimum Gasteiger partial charge on any atom is -0.303 e. The van der Waals surface area contributed by atoms with E-state index in [1.807, 2.05) is 6.92 Å². The van der Waals surface area contributed by atoms with E-state index in [1.165, 1.54) is 58.2 Å². The number of likely N-dealkylation sites (tertiary alicyclic amines) is 1. The van der Waals surface area contributed by atoms with Gasteiger partial charge >= 0.3 is 0 Å². The summed E-state index contributed by atoms with van der Waals surface area (Å²) < 4.78 is 0. The molecule has 1 nitrogen and oxygen atoms in total. The van der Waals surface area contributed by atoms with Crippen LogP contribution < -0.4 is 0 Å². The Hall–Kier alpha value is -0.300. The summed E-state index contributed by atoms with van der Waals surface area (Å²) in [4.78, 5) is 2.62. The highest BCUT2D eigenvalue weighted by molar-refractivity contribution is 4.63. The van der Waals surface area contributed by atoms with Gasteiger partial charge in [-0.3, -0.25) is 0 Å². The molecule has 1 heteroatoms. The molecule has 14 heavy (non-hydrogen) atoms. The van der Waals surface area contributed by atoms with Crippen molar-refractivity contribution in [2.24, 2.45) is 0 Å². The molecule has 1 fully saturated rings. The number of allylic oxidation sites excluding steroid dienone is 1. The zero-order valence-corrected chi connectivity index (χ0v) is 10.1. The number of hydrogen-bond donors (Lipinski definition) is 0. The zero-order valence-electron chi connectivity index (χ0n) is 10.1. The molecule has 0 aromatic carbocycles. The number of nitrogens with zero attached hydrogens (tertiary/aromatic N) is 1. The van der Waals surface area contributed by atoms with E-state index in [2.05, 4.69) is 18.4 Å². The van der Waals surface area contributed by atoms with Crippen LogP contribution in [-0.2, 0) is 0 Å². The second kappa shape index (κ2) is 10.8. The first-order valence-electron chi connectivity index (χ1n) is 6.14. The smallest absolute Gasteiger partial charge is 0.00187 e. The van der Waals surface area contributed by atoms with Crippen LogP contribution in [-0.4, -0.2) is 24.5 Å². The Morgan fingerprint density at radius 1 is 1.14 bits per heavy atom. The molecule has 1 rings (SSSR count). The Morgan fingerprint density at radius 3 is 2.21 bits per heavy atom. The fraction of sp³-hybridized carbons (Fsp3) is 0.846.